The molecule has 0 radical (unpaired) electrons. The Morgan fingerprint density at radius 1 is 1.16 bits per heavy atom. The second-order valence-corrected chi connectivity index (χ2v) is 7.64. The minimum atomic E-state index is -0.942. The summed E-state index contributed by atoms with van der Waals surface area (Å²) in [6.07, 6.45) is 3.16. The summed E-state index contributed by atoms with van der Waals surface area (Å²) in [6.45, 7) is 5.62. The molecule has 31 heavy (non-hydrogen) atoms. The molecular formula is C24H25N3O4. The first-order valence-electron chi connectivity index (χ1n) is 10.4. The fourth-order valence-corrected chi connectivity index (χ4v) is 3.62. The molecule has 4 aromatic rings. The predicted octanol–water partition coefficient (Wildman–Crippen LogP) is 4.87. The smallest absolute Gasteiger partial charge is 0.311 e. The average molecular weight is 419 g/mol. The number of nitrogens with one attached hydrogen (secondary N) is 1. The second kappa shape index (κ2) is 8.63. The summed E-state index contributed by atoms with van der Waals surface area (Å²) in [5.74, 6) is -0.316. The van der Waals surface area contributed by atoms with E-state index in [9.17, 15) is 9.59 Å². The lowest BCUT2D eigenvalue weighted by atomic mass is 10.0. The number of ether oxygens (including phenoxy) is 1. The molecule has 4 rings (SSSR count). The van der Waals surface area contributed by atoms with Crippen LogP contribution in [0.3, 0.4) is 0 Å². The maximum atomic E-state index is 12.6. The molecule has 0 unspecified atom stereocenters. The third-order valence-corrected chi connectivity index (χ3v) is 5.48. The molecule has 7 heteroatoms. The Bertz CT molecular complexity index is 1240. The van der Waals surface area contributed by atoms with E-state index >= 15 is 0 Å². The fraction of sp³-hybridized carbons (Fsp3) is 0.292. The molecule has 7 nitrogen and oxygen atoms in total. The maximum Gasteiger partial charge on any atom is 0.311 e. The zero-order valence-electron chi connectivity index (χ0n) is 17.8. The van der Waals surface area contributed by atoms with Crippen LogP contribution in [0.4, 0.5) is 5.82 Å². The standard InChI is InChI=1S/C24H25N3O4/c1-4-15(2)27-21(11-12-25-27)26-24(29)16(3)31-22(28)13-18-14-30-20-10-9-17-7-5-6-8-19(17)23(18)20/h5-12,14-16H,4,13H2,1-3H3,(H,26,29)/t15-,16-/m0/s1. The van der Waals surface area contributed by atoms with Crippen LogP contribution in [-0.4, -0.2) is 27.8 Å². The van der Waals surface area contributed by atoms with Crippen LogP contribution < -0.4 is 5.32 Å². The summed E-state index contributed by atoms with van der Waals surface area (Å²) in [5.41, 5.74) is 1.45. The van der Waals surface area contributed by atoms with Gasteiger partial charge in [0.05, 0.1) is 24.9 Å². The van der Waals surface area contributed by atoms with Crippen molar-refractivity contribution in [1.82, 2.24) is 9.78 Å². The summed E-state index contributed by atoms with van der Waals surface area (Å²) in [7, 11) is 0. The minimum absolute atomic E-state index is 0.0173. The lowest BCUT2D eigenvalue weighted by Gasteiger charge is -2.17. The number of fused-ring (bicyclic) bond motifs is 3. The molecule has 2 heterocycles. The van der Waals surface area contributed by atoms with Gasteiger partial charge in [0.15, 0.2) is 6.10 Å². The maximum absolute atomic E-state index is 12.6. The number of furan rings is 1. The Kier molecular flexibility index (Phi) is 5.75. The van der Waals surface area contributed by atoms with E-state index in [1.165, 1.54) is 0 Å². The number of carbonyl (C=O) groups is 2. The van der Waals surface area contributed by atoms with E-state index in [0.29, 0.717) is 11.4 Å². The number of esters is 1. The Balaban J connectivity index is 1.45. The summed E-state index contributed by atoms with van der Waals surface area (Å²) in [6, 6.07) is 13.7. The molecule has 0 saturated carbocycles. The van der Waals surface area contributed by atoms with E-state index in [1.54, 1.807) is 30.1 Å². The number of benzene rings is 2. The number of anilines is 1. The predicted molar refractivity (Wildman–Crippen MR) is 119 cm³/mol. The lowest BCUT2D eigenvalue weighted by Crippen LogP contribution is -2.31. The van der Waals surface area contributed by atoms with Gasteiger partial charge < -0.3 is 14.5 Å². The zero-order chi connectivity index (χ0) is 22.0. The molecule has 1 N–H and O–H groups in total. The highest BCUT2D eigenvalue weighted by atomic mass is 16.5. The van der Waals surface area contributed by atoms with Crippen LogP contribution >= 0.6 is 0 Å². The molecule has 0 fully saturated rings. The summed E-state index contributed by atoms with van der Waals surface area (Å²) in [5, 5.41) is 10.0. The second-order valence-electron chi connectivity index (χ2n) is 7.64. The normalized spacial score (nSPS) is 13.3. The SMILES string of the molecule is CC[C@H](C)n1nccc1NC(=O)[C@H](C)OC(=O)Cc1coc2ccc3ccccc3c12. The molecule has 0 aliphatic carbocycles. The molecule has 0 saturated heterocycles. The van der Waals surface area contributed by atoms with Crippen molar-refractivity contribution in [1.29, 1.82) is 0 Å². The third-order valence-electron chi connectivity index (χ3n) is 5.48. The Labute approximate surface area is 180 Å². The van der Waals surface area contributed by atoms with Crippen LogP contribution in [-0.2, 0) is 20.7 Å². The Hall–Kier alpha value is -3.61. The molecule has 2 atom stereocenters. The van der Waals surface area contributed by atoms with E-state index in [4.69, 9.17) is 9.15 Å². The van der Waals surface area contributed by atoms with Crippen molar-refractivity contribution in [2.45, 2.75) is 45.8 Å². The van der Waals surface area contributed by atoms with Crippen LogP contribution in [0.25, 0.3) is 21.7 Å². The van der Waals surface area contributed by atoms with Gasteiger partial charge in [-0.25, -0.2) is 4.68 Å². The highest BCUT2D eigenvalue weighted by Crippen LogP contribution is 2.30. The molecule has 0 spiro atoms. The van der Waals surface area contributed by atoms with Crippen molar-refractivity contribution in [2.75, 3.05) is 5.32 Å². The van der Waals surface area contributed by atoms with Gasteiger partial charge >= 0.3 is 5.97 Å². The van der Waals surface area contributed by atoms with Crippen molar-refractivity contribution >= 4 is 39.4 Å². The van der Waals surface area contributed by atoms with Gasteiger partial charge in [0.1, 0.15) is 11.4 Å². The molecular weight excluding hydrogens is 394 g/mol. The van der Waals surface area contributed by atoms with E-state index in [2.05, 4.69) is 10.4 Å². The molecule has 160 valence electrons. The lowest BCUT2D eigenvalue weighted by molar-refractivity contribution is -0.152. The molecule has 0 aliphatic heterocycles. The Morgan fingerprint density at radius 2 is 1.97 bits per heavy atom. The molecule has 0 aliphatic rings. The number of amides is 1. The van der Waals surface area contributed by atoms with Crippen LogP contribution in [0.5, 0.6) is 0 Å². The molecule has 2 aromatic heterocycles. The van der Waals surface area contributed by atoms with Crippen molar-refractivity contribution in [2.24, 2.45) is 0 Å². The van der Waals surface area contributed by atoms with Crippen LogP contribution in [0, 0.1) is 0 Å². The molecule has 1 amide bonds. The van der Waals surface area contributed by atoms with Crippen molar-refractivity contribution in [3.05, 3.63) is 60.5 Å². The van der Waals surface area contributed by atoms with Gasteiger partial charge in [0.25, 0.3) is 5.91 Å². The van der Waals surface area contributed by atoms with Gasteiger partial charge in [-0.2, -0.15) is 5.10 Å². The number of hydrogen-bond acceptors (Lipinski definition) is 5. The quantitative estimate of drug-likeness (QED) is 0.432. The highest BCUT2D eigenvalue weighted by molar-refractivity contribution is 6.08. The number of aromatic nitrogens is 2. The summed E-state index contributed by atoms with van der Waals surface area (Å²) < 4.78 is 12.8. The number of hydrogen-bond donors (Lipinski definition) is 1. The highest BCUT2D eigenvalue weighted by Gasteiger charge is 2.21. The van der Waals surface area contributed by atoms with E-state index in [1.807, 2.05) is 50.2 Å². The van der Waals surface area contributed by atoms with E-state index in [-0.39, 0.29) is 12.5 Å². The van der Waals surface area contributed by atoms with E-state index < -0.39 is 18.0 Å². The number of rotatable bonds is 7. The topological polar surface area (TPSA) is 86.4 Å². The summed E-state index contributed by atoms with van der Waals surface area (Å²) in [4.78, 5) is 25.1. The van der Waals surface area contributed by atoms with Crippen LogP contribution in [0.2, 0.25) is 0 Å². The Morgan fingerprint density at radius 3 is 2.77 bits per heavy atom. The van der Waals surface area contributed by atoms with Gasteiger partial charge in [-0.3, -0.25) is 9.59 Å². The monoisotopic (exact) mass is 419 g/mol. The van der Waals surface area contributed by atoms with Crippen LogP contribution in [0.1, 0.15) is 38.8 Å². The van der Waals surface area contributed by atoms with Gasteiger partial charge in [-0.05, 0) is 37.1 Å². The first kappa shape index (κ1) is 20.7. The molecule has 2 aromatic carbocycles. The first-order chi connectivity index (χ1) is 15.0. The van der Waals surface area contributed by atoms with Crippen LogP contribution in [0.15, 0.2) is 59.3 Å². The summed E-state index contributed by atoms with van der Waals surface area (Å²) >= 11 is 0. The van der Waals surface area contributed by atoms with Crippen molar-refractivity contribution in [3.8, 4) is 0 Å². The van der Waals surface area contributed by atoms with E-state index in [0.717, 1.165) is 28.1 Å². The van der Waals surface area contributed by atoms with Gasteiger partial charge in [-0.15, -0.1) is 0 Å². The number of nitrogens with zero attached hydrogens (tertiary/aromatic N) is 2. The minimum Gasteiger partial charge on any atom is -0.464 e. The van der Waals surface area contributed by atoms with Crippen molar-refractivity contribution < 1.29 is 18.7 Å². The largest absolute Gasteiger partial charge is 0.464 e. The zero-order valence-corrected chi connectivity index (χ0v) is 17.8. The van der Waals surface area contributed by atoms with Gasteiger partial charge in [-0.1, -0.05) is 37.3 Å². The van der Waals surface area contributed by atoms with Crippen molar-refractivity contribution in [3.63, 3.8) is 0 Å². The third kappa shape index (κ3) is 4.17. The molecule has 0 bridgehead atoms. The average Bonchev–Trinajstić information content (AvgIpc) is 3.40. The number of carbonyl (C=O) groups excluding carboxylic acids is 2. The first-order valence-corrected chi connectivity index (χ1v) is 10.4. The fourth-order valence-electron chi connectivity index (χ4n) is 3.62. The van der Waals surface area contributed by atoms with Gasteiger partial charge in [0, 0.05) is 17.0 Å². The van der Waals surface area contributed by atoms with Gasteiger partial charge in [0.2, 0.25) is 0 Å².